The second kappa shape index (κ2) is 10.6. The minimum Gasteiger partial charge on any atom is -0.427 e. The first kappa shape index (κ1) is 19.1. The van der Waals surface area contributed by atoms with Gasteiger partial charge in [-0.25, -0.2) is 0 Å². The Morgan fingerprint density at radius 3 is 2.32 bits per heavy atom. The third-order valence-electron chi connectivity index (χ3n) is 4.08. The number of unbranched alkanes of at least 4 members (excludes halogenated alkanes) is 4. The van der Waals surface area contributed by atoms with Gasteiger partial charge in [-0.15, -0.1) is 0 Å². The molecule has 0 N–H and O–H groups in total. The van der Waals surface area contributed by atoms with E-state index in [2.05, 4.69) is 16.9 Å². The van der Waals surface area contributed by atoms with Crippen molar-refractivity contribution >= 4 is 5.97 Å². The lowest BCUT2D eigenvalue weighted by molar-refractivity contribution is -0.134. The minimum absolute atomic E-state index is 0.196. The summed E-state index contributed by atoms with van der Waals surface area (Å²) in [7, 11) is 0. The average molecular weight is 340 g/mol. The third kappa shape index (κ3) is 6.65. The van der Waals surface area contributed by atoms with Crippen molar-refractivity contribution in [2.45, 2.75) is 65.2 Å². The lowest BCUT2D eigenvalue weighted by Gasteiger charge is -2.06. The molecule has 0 aliphatic carbocycles. The smallest absolute Gasteiger partial charge is 0.311 e. The van der Waals surface area contributed by atoms with Gasteiger partial charge in [-0.05, 0) is 43.5 Å². The third-order valence-corrected chi connectivity index (χ3v) is 4.08. The van der Waals surface area contributed by atoms with Crippen molar-refractivity contribution in [1.82, 2.24) is 9.97 Å². The standard InChI is InChI=1S/C21H28N2O2/c1-3-5-6-7-8-10-18-15-23-20(16-22-18)17-11-13-19(14-12-17)25-21(24)9-4-2/h11-16H,3-10H2,1-2H3. The fraction of sp³-hybridized carbons (Fsp3) is 0.476. The quantitative estimate of drug-likeness (QED) is 0.332. The molecule has 4 heteroatoms. The van der Waals surface area contributed by atoms with Gasteiger partial charge >= 0.3 is 5.97 Å². The van der Waals surface area contributed by atoms with Crippen LogP contribution in [0.15, 0.2) is 36.7 Å². The molecule has 0 radical (unpaired) electrons. The minimum atomic E-state index is -0.196. The normalized spacial score (nSPS) is 10.6. The SMILES string of the molecule is CCCCCCCc1cnc(-c2ccc(OC(=O)CCC)cc2)cn1. The molecule has 0 spiro atoms. The van der Waals surface area contributed by atoms with Gasteiger partial charge in [0.2, 0.25) is 0 Å². The van der Waals surface area contributed by atoms with E-state index in [-0.39, 0.29) is 5.97 Å². The van der Waals surface area contributed by atoms with Gasteiger partial charge in [-0.2, -0.15) is 0 Å². The molecule has 1 heterocycles. The number of hydrogen-bond acceptors (Lipinski definition) is 4. The zero-order valence-corrected chi connectivity index (χ0v) is 15.3. The lowest BCUT2D eigenvalue weighted by atomic mass is 10.1. The molecular formula is C21H28N2O2. The topological polar surface area (TPSA) is 52.1 Å². The fourth-order valence-corrected chi connectivity index (χ4v) is 2.62. The van der Waals surface area contributed by atoms with Gasteiger partial charge in [0.25, 0.3) is 0 Å². The van der Waals surface area contributed by atoms with Crippen LogP contribution < -0.4 is 4.74 Å². The summed E-state index contributed by atoms with van der Waals surface area (Å²) in [5.41, 5.74) is 2.85. The zero-order chi connectivity index (χ0) is 17.9. The Hall–Kier alpha value is -2.23. The second-order valence-electron chi connectivity index (χ2n) is 6.31. The summed E-state index contributed by atoms with van der Waals surface area (Å²) in [5, 5.41) is 0. The number of carbonyl (C=O) groups is 1. The molecule has 2 aromatic rings. The largest absolute Gasteiger partial charge is 0.427 e. The van der Waals surface area contributed by atoms with Gasteiger partial charge in [0.05, 0.1) is 17.6 Å². The highest BCUT2D eigenvalue weighted by molar-refractivity contribution is 5.72. The Kier molecular flexibility index (Phi) is 8.10. The number of benzene rings is 1. The van der Waals surface area contributed by atoms with Gasteiger partial charge in [-0.3, -0.25) is 14.8 Å². The summed E-state index contributed by atoms with van der Waals surface area (Å²) >= 11 is 0. The van der Waals surface area contributed by atoms with E-state index in [1.54, 1.807) is 12.1 Å². The van der Waals surface area contributed by atoms with Crippen LogP contribution in [0.25, 0.3) is 11.3 Å². The Morgan fingerprint density at radius 1 is 0.920 bits per heavy atom. The maximum Gasteiger partial charge on any atom is 0.311 e. The predicted molar refractivity (Wildman–Crippen MR) is 100 cm³/mol. The van der Waals surface area contributed by atoms with E-state index in [1.807, 2.05) is 31.5 Å². The first-order chi connectivity index (χ1) is 12.2. The van der Waals surface area contributed by atoms with Crippen LogP contribution in [-0.4, -0.2) is 15.9 Å². The monoisotopic (exact) mass is 340 g/mol. The van der Waals surface area contributed by atoms with E-state index in [9.17, 15) is 4.79 Å². The summed E-state index contributed by atoms with van der Waals surface area (Å²) < 4.78 is 5.26. The maximum atomic E-state index is 11.5. The van der Waals surface area contributed by atoms with Crippen molar-refractivity contribution in [2.24, 2.45) is 0 Å². The number of carbonyl (C=O) groups excluding carboxylic acids is 1. The number of nitrogens with zero attached hydrogens (tertiary/aromatic N) is 2. The molecule has 0 amide bonds. The lowest BCUT2D eigenvalue weighted by Crippen LogP contribution is -2.06. The highest BCUT2D eigenvalue weighted by Crippen LogP contribution is 2.21. The van der Waals surface area contributed by atoms with Crippen molar-refractivity contribution in [2.75, 3.05) is 0 Å². The van der Waals surface area contributed by atoms with Gasteiger partial charge in [-0.1, -0.05) is 39.5 Å². The molecule has 0 aliphatic rings. The first-order valence-corrected chi connectivity index (χ1v) is 9.35. The first-order valence-electron chi connectivity index (χ1n) is 9.35. The number of rotatable bonds is 10. The summed E-state index contributed by atoms with van der Waals surface area (Å²) in [6.07, 6.45) is 12.2. The van der Waals surface area contributed by atoms with Crippen LogP contribution >= 0.6 is 0 Å². The van der Waals surface area contributed by atoms with Crippen LogP contribution in [0.4, 0.5) is 0 Å². The molecule has 0 bridgehead atoms. The Bertz CT molecular complexity index is 636. The van der Waals surface area contributed by atoms with Gasteiger partial charge in [0.15, 0.2) is 0 Å². The van der Waals surface area contributed by atoms with Crippen molar-refractivity contribution in [1.29, 1.82) is 0 Å². The Labute approximate surface area is 150 Å². The van der Waals surface area contributed by atoms with E-state index >= 15 is 0 Å². The Balaban J connectivity index is 1.87. The molecule has 0 fully saturated rings. The summed E-state index contributed by atoms with van der Waals surface area (Å²) in [4.78, 5) is 20.5. The molecule has 1 aromatic carbocycles. The van der Waals surface area contributed by atoms with Crippen LogP contribution in [0.5, 0.6) is 5.75 Å². The van der Waals surface area contributed by atoms with Crippen molar-refractivity contribution < 1.29 is 9.53 Å². The molecule has 134 valence electrons. The number of ether oxygens (including phenoxy) is 1. The highest BCUT2D eigenvalue weighted by Gasteiger charge is 2.05. The maximum absolute atomic E-state index is 11.5. The van der Waals surface area contributed by atoms with Crippen molar-refractivity contribution in [3.8, 4) is 17.0 Å². The van der Waals surface area contributed by atoms with Gasteiger partial charge in [0, 0.05) is 18.2 Å². The molecule has 1 aromatic heterocycles. The van der Waals surface area contributed by atoms with Gasteiger partial charge in [0.1, 0.15) is 5.75 Å². The predicted octanol–water partition coefficient (Wildman–Crippen LogP) is 5.36. The number of aryl methyl sites for hydroxylation is 1. The summed E-state index contributed by atoms with van der Waals surface area (Å²) in [6.45, 7) is 4.18. The summed E-state index contributed by atoms with van der Waals surface area (Å²) in [5.74, 6) is 0.372. The second-order valence-corrected chi connectivity index (χ2v) is 6.31. The Morgan fingerprint density at radius 2 is 1.68 bits per heavy atom. The van der Waals surface area contributed by atoms with Crippen LogP contribution in [-0.2, 0) is 11.2 Å². The number of hydrogen-bond donors (Lipinski definition) is 0. The molecule has 0 unspecified atom stereocenters. The molecule has 0 saturated carbocycles. The van der Waals surface area contributed by atoms with E-state index in [0.29, 0.717) is 12.2 Å². The molecule has 0 saturated heterocycles. The zero-order valence-electron chi connectivity index (χ0n) is 15.3. The fourth-order valence-electron chi connectivity index (χ4n) is 2.62. The van der Waals surface area contributed by atoms with E-state index in [1.165, 1.54) is 32.1 Å². The van der Waals surface area contributed by atoms with Crippen LogP contribution in [0.1, 0.15) is 64.5 Å². The molecule has 4 nitrogen and oxygen atoms in total. The number of esters is 1. The van der Waals surface area contributed by atoms with E-state index in [0.717, 1.165) is 29.8 Å². The molecule has 0 aliphatic heterocycles. The van der Waals surface area contributed by atoms with Crippen LogP contribution in [0.3, 0.4) is 0 Å². The highest BCUT2D eigenvalue weighted by atomic mass is 16.5. The van der Waals surface area contributed by atoms with E-state index in [4.69, 9.17) is 4.74 Å². The molecule has 25 heavy (non-hydrogen) atoms. The molecular weight excluding hydrogens is 312 g/mol. The van der Waals surface area contributed by atoms with E-state index < -0.39 is 0 Å². The van der Waals surface area contributed by atoms with Gasteiger partial charge < -0.3 is 4.74 Å². The van der Waals surface area contributed by atoms with Crippen LogP contribution in [0, 0.1) is 0 Å². The summed E-state index contributed by atoms with van der Waals surface area (Å²) in [6, 6.07) is 7.41. The van der Waals surface area contributed by atoms with Crippen LogP contribution in [0.2, 0.25) is 0 Å². The molecule has 2 rings (SSSR count). The number of aromatic nitrogens is 2. The molecule has 0 atom stereocenters. The van der Waals surface area contributed by atoms with Crippen molar-refractivity contribution in [3.05, 3.63) is 42.4 Å². The average Bonchev–Trinajstić information content (AvgIpc) is 2.63. The van der Waals surface area contributed by atoms with Crippen molar-refractivity contribution in [3.63, 3.8) is 0 Å².